The third kappa shape index (κ3) is 2.77. The molecular weight excluding hydrogens is 372 g/mol. The molecule has 0 radical (unpaired) electrons. The van der Waals surface area contributed by atoms with E-state index in [1.54, 1.807) is 13.1 Å². The second kappa shape index (κ2) is 6.35. The van der Waals surface area contributed by atoms with E-state index in [4.69, 9.17) is 10.3 Å². The lowest BCUT2D eigenvalue weighted by Crippen LogP contribution is -2.35. The molecule has 5 rings (SSSR count). The lowest BCUT2D eigenvalue weighted by atomic mass is 9.98. The molecule has 9 nitrogen and oxygen atoms in total. The fourth-order valence-electron chi connectivity index (χ4n) is 4.08. The summed E-state index contributed by atoms with van der Waals surface area (Å²) in [5, 5.41) is 19.2. The molecule has 0 aliphatic carbocycles. The van der Waals surface area contributed by atoms with Crippen molar-refractivity contribution in [2.45, 2.75) is 25.0 Å². The molecule has 1 saturated heterocycles. The van der Waals surface area contributed by atoms with Gasteiger partial charge in [0.25, 0.3) is 5.91 Å². The third-order valence-electron chi connectivity index (χ3n) is 5.69. The number of hydrogen-bond acceptors (Lipinski definition) is 7. The number of amides is 1. The number of anilines is 3. The first kappa shape index (κ1) is 17.7. The number of nitrogens with zero attached hydrogens (tertiary/aromatic N) is 5. The van der Waals surface area contributed by atoms with Crippen molar-refractivity contribution < 1.29 is 14.4 Å². The number of carbonyl (C=O) groups excluding carboxylic acids is 1. The van der Waals surface area contributed by atoms with Crippen molar-refractivity contribution in [2.75, 3.05) is 30.8 Å². The zero-order valence-corrected chi connectivity index (χ0v) is 16.1. The first-order valence-electron chi connectivity index (χ1n) is 9.62. The molecule has 3 aromatic rings. The molecule has 29 heavy (non-hydrogen) atoms. The van der Waals surface area contributed by atoms with Crippen LogP contribution in [0.1, 0.15) is 18.6 Å². The van der Waals surface area contributed by atoms with Gasteiger partial charge in [0.05, 0.1) is 0 Å². The maximum atomic E-state index is 12.3. The molecule has 0 unspecified atom stereocenters. The topological polar surface area (TPSA) is 114 Å². The van der Waals surface area contributed by atoms with E-state index in [9.17, 15) is 9.90 Å². The van der Waals surface area contributed by atoms with E-state index in [0.29, 0.717) is 18.1 Å². The van der Waals surface area contributed by atoms with Crippen LogP contribution in [0.15, 0.2) is 40.9 Å². The molecular formula is C20H22N6O3. The maximum Gasteiger partial charge on any atom is 0.262 e. The second-order valence-corrected chi connectivity index (χ2v) is 7.62. The Hall–Kier alpha value is -3.33. The Balaban J connectivity index is 1.48. The Kier molecular flexibility index (Phi) is 3.88. The summed E-state index contributed by atoms with van der Waals surface area (Å²) in [4.78, 5) is 16.0. The number of likely N-dealkylation sites (N-methyl/N-ethyl adjacent to an activating group) is 1. The van der Waals surface area contributed by atoms with Crippen LogP contribution in [0.25, 0.3) is 11.3 Å². The van der Waals surface area contributed by atoms with E-state index >= 15 is 0 Å². The minimum Gasteiger partial charge on any atom is -0.382 e. The Labute approximate surface area is 167 Å². The van der Waals surface area contributed by atoms with E-state index in [0.717, 1.165) is 36.6 Å². The first-order chi connectivity index (χ1) is 14.0. The van der Waals surface area contributed by atoms with E-state index in [1.807, 2.05) is 35.0 Å². The summed E-state index contributed by atoms with van der Waals surface area (Å²) in [6, 6.07) is 11.4. The Bertz CT molecular complexity index is 1090. The van der Waals surface area contributed by atoms with Crippen molar-refractivity contribution >= 4 is 23.2 Å². The molecule has 1 aromatic carbocycles. The van der Waals surface area contributed by atoms with Crippen LogP contribution in [-0.2, 0) is 16.9 Å². The van der Waals surface area contributed by atoms with Gasteiger partial charge in [0.1, 0.15) is 17.3 Å². The zero-order chi connectivity index (χ0) is 20.2. The number of nitrogens with two attached hydrogens (primary N) is 1. The predicted molar refractivity (Wildman–Crippen MR) is 106 cm³/mol. The largest absolute Gasteiger partial charge is 0.382 e. The van der Waals surface area contributed by atoms with Gasteiger partial charge in [-0.15, -0.1) is 0 Å². The van der Waals surface area contributed by atoms with Gasteiger partial charge in [-0.2, -0.15) is 5.10 Å². The lowest BCUT2D eigenvalue weighted by Gasteiger charge is -2.29. The number of aliphatic hydroxyl groups is 1. The molecule has 2 aliphatic heterocycles. The third-order valence-corrected chi connectivity index (χ3v) is 5.69. The zero-order valence-electron chi connectivity index (χ0n) is 16.1. The summed E-state index contributed by atoms with van der Waals surface area (Å²) in [6.45, 7) is 2.18. The monoisotopic (exact) mass is 394 g/mol. The fourth-order valence-corrected chi connectivity index (χ4v) is 4.08. The van der Waals surface area contributed by atoms with Crippen molar-refractivity contribution in [3.05, 3.63) is 42.2 Å². The number of fused-ring (bicyclic) bond motifs is 1. The number of nitrogen functional groups attached to an aromatic ring is 1. The standard InChI is InChI=1S/C20H22N6O3/c1-24-9-6-20(28,19(24)27)16-11-15(23-29-16)13-4-2-5-14(10-13)25-7-3-8-26-18(25)12-17(21)22-26/h2,4-5,10-12,28H,3,6-9H2,1H3,(H2,21,22)/t20-/m1/s1. The normalized spacial score (nSPS) is 21.7. The van der Waals surface area contributed by atoms with Gasteiger partial charge in [-0.25, -0.2) is 4.68 Å². The Morgan fingerprint density at radius 3 is 2.86 bits per heavy atom. The molecule has 0 bridgehead atoms. The SMILES string of the molecule is CN1CC[C@@](O)(c2cc(-c3cccc(N4CCCn5nc(N)cc54)c3)no2)C1=O. The number of rotatable bonds is 3. The van der Waals surface area contributed by atoms with Crippen molar-refractivity contribution in [3.63, 3.8) is 0 Å². The highest BCUT2D eigenvalue weighted by Gasteiger charge is 2.48. The van der Waals surface area contributed by atoms with Crippen molar-refractivity contribution in [1.82, 2.24) is 19.8 Å². The van der Waals surface area contributed by atoms with E-state index in [1.165, 1.54) is 4.90 Å². The highest BCUT2D eigenvalue weighted by molar-refractivity contribution is 5.87. The van der Waals surface area contributed by atoms with Gasteiger partial charge < -0.3 is 25.2 Å². The molecule has 2 aromatic heterocycles. The number of aryl methyl sites for hydroxylation is 1. The van der Waals surface area contributed by atoms with Gasteiger partial charge in [-0.1, -0.05) is 17.3 Å². The van der Waals surface area contributed by atoms with Gasteiger partial charge in [0.2, 0.25) is 5.60 Å². The van der Waals surface area contributed by atoms with E-state index < -0.39 is 5.60 Å². The molecule has 0 saturated carbocycles. The quantitative estimate of drug-likeness (QED) is 0.695. The summed E-state index contributed by atoms with van der Waals surface area (Å²) >= 11 is 0. The minimum absolute atomic E-state index is 0.177. The first-order valence-corrected chi connectivity index (χ1v) is 9.62. The Morgan fingerprint density at radius 1 is 1.21 bits per heavy atom. The molecule has 9 heteroatoms. The summed E-state index contributed by atoms with van der Waals surface area (Å²) in [5.74, 6) is 1.27. The van der Waals surface area contributed by atoms with Crippen LogP contribution in [0.2, 0.25) is 0 Å². The van der Waals surface area contributed by atoms with Gasteiger partial charge in [-0.05, 0) is 18.6 Å². The summed E-state index contributed by atoms with van der Waals surface area (Å²) in [7, 11) is 1.66. The molecule has 1 fully saturated rings. The summed E-state index contributed by atoms with van der Waals surface area (Å²) in [5.41, 5.74) is 6.63. The number of likely N-dealkylation sites (tertiary alicyclic amines) is 1. The fraction of sp³-hybridized carbons (Fsp3) is 0.350. The van der Waals surface area contributed by atoms with Crippen LogP contribution in [0, 0.1) is 0 Å². The van der Waals surface area contributed by atoms with E-state index in [-0.39, 0.29) is 18.1 Å². The van der Waals surface area contributed by atoms with E-state index in [2.05, 4.69) is 15.2 Å². The molecule has 4 heterocycles. The highest BCUT2D eigenvalue weighted by atomic mass is 16.5. The number of aromatic nitrogens is 3. The average molecular weight is 394 g/mol. The molecule has 150 valence electrons. The molecule has 1 amide bonds. The summed E-state index contributed by atoms with van der Waals surface area (Å²) < 4.78 is 7.29. The lowest BCUT2D eigenvalue weighted by molar-refractivity contribution is -0.144. The van der Waals surface area contributed by atoms with Gasteiger partial charge >= 0.3 is 0 Å². The highest BCUT2D eigenvalue weighted by Crippen LogP contribution is 2.36. The second-order valence-electron chi connectivity index (χ2n) is 7.62. The van der Waals surface area contributed by atoms with Crippen LogP contribution in [0.5, 0.6) is 0 Å². The van der Waals surface area contributed by atoms with Crippen molar-refractivity contribution in [2.24, 2.45) is 0 Å². The van der Waals surface area contributed by atoms with Crippen molar-refractivity contribution in [1.29, 1.82) is 0 Å². The van der Waals surface area contributed by atoms with Gasteiger partial charge in [0, 0.05) is 56.5 Å². The number of benzene rings is 1. The van der Waals surface area contributed by atoms with Gasteiger partial charge in [0.15, 0.2) is 5.76 Å². The van der Waals surface area contributed by atoms with Crippen molar-refractivity contribution in [3.8, 4) is 11.3 Å². The Morgan fingerprint density at radius 2 is 2.07 bits per heavy atom. The van der Waals surface area contributed by atoms with Crippen LogP contribution in [0.4, 0.5) is 17.3 Å². The number of carbonyl (C=O) groups is 1. The maximum absolute atomic E-state index is 12.3. The van der Waals surface area contributed by atoms with Crippen LogP contribution >= 0.6 is 0 Å². The van der Waals surface area contributed by atoms with Crippen LogP contribution in [0.3, 0.4) is 0 Å². The smallest absolute Gasteiger partial charge is 0.262 e. The molecule has 2 aliphatic rings. The van der Waals surface area contributed by atoms with Crippen LogP contribution in [-0.4, -0.2) is 51.0 Å². The molecule has 1 atom stereocenters. The average Bonchev–Trinajstić information content (AvgIpc) is 3.42. The molecule has 0 spiro atoms. The van der Waals surface area contributed by atoms with Crippen LogP contribution < -0.4 is 10.6 Å². The predicted octanol–water partition coefficient (Wildman–Crippen LogP) is 1.71. The summed E-state index contributed by atoms with van der Waals surface area (Å²) in [6.07, 6.45) is 1.26. The van der Waals surface area contributed by atoms with Gasteiger partial charge in [-0.3, -0.25) is 4.79 Å². The molecule has 3 N–H and O–H groups in total. The number of hydrogen-bond donors (Lipinski definition) is 2. The minimum atomic E-state index is -1.64.